The lowest BCUT2D eigenvalue weighted by atomic mass is 9.96. The normalized spacial score (nSPS) is 15.8. The van der Waals surface area contributed by atoms with Crippen LogP contribution in [0.25, 0.3) is 20.9 Å². The lowest BCUT2D eigenvalue weighted by Gasteiger charge is -2.30. The molecule has 0 atom stereocenters. The highest BCUT2D eigenvalue weighted by Crippen LogP contribution is 2.35. The summed E-state index contributed by atoms with van der Waals surface area (Å²) in [6, 6.07) is 10.6. The number of aromatic amines is 1. The Labute approximate surface area is 159 Å². The Morgan fingerprint density at radius 3 is 2.85 bits per heavy atom. The van der Waals surface area contributed by atoms with Gasteiger partial charge >= 0.3 is 0 Å². The molecular weight excluding hydrogens is 362 g/mol. The third-order valence-electron chi connectivity index (χ3n) is 4.95. The molecule has 1 N–H and O–H groups in total. The van der Waals surface area contributed by atoms with Crippen molar-refractivity contribution in [2.24, 2.45) is 0 Å². The van der Waals surface area contributed by atoms with Crippen molar-refractivity contribution in [1.29, 1.82) is 0 Å². The summed E-state index contributed by atoms with van der Waals surface area (Å²) in [5.74, 6) is 1.62. The molecule has 3 aromatic heterocycles. The summed E-state index contributed by atoms with van der Waals surface area (Å²) in [4.78, 5) is 11.9. The van der Waals surface area contributed by atoms with E-state index in [4.69, 9.17) is 4.98 Å². The largest absolute Gasteiger partial charge is 0.347 e. The van der Waals surface area contributed by atoms with E-state index in [0.29, 0.717) is 5.92 Å². The van der Waals surface area contributed by atoms with Crippen LogP contribution < -0.4 is 4.90 Å². The molecule has 4 heterocycles. The van der Waals surface area contributed by atoms with Gasteiger partial charge in [-0.15, -0.1) is 21.5 Å². The Morgan fingerprint density at radius 2 is 2.04 bits per heavy atom. The summed E-state index contributed by atoms with van der Waals surface area (Å²) in [7, 11) is 0. The zero-order valence-electron chi connectivity index (χ0n) is 14.5. The van der Waals surface area contributed by atoms with Gasteiger partial charge in [0, 0.05) is 19.0 Å². The first-order valence-corrected chi connectivity index (χ1v) is 10.5. The van der Waals surface area contributed by atoms with Crippen LogP contribution in [0, 0.1) is 6.92 Å². The maximum atomic E-state index is 4.82. The van der Waals surface area contributed by atoms with Gasteiger partial charge in [0.15, 0.2) is 5.01 Å². The van der Waals surface area contributed by atoms with Crippen LogP contribution in [-0.4, -0.2) is 33.3 Å². The molecule has 7 heteroatoms. The van der Waals surface area contributed by atoms with Gasteiger partial charge in [-0.2, -0.15) is 0 Å². The number of nitrogens with zero attached hydrogens (tertiary/aromatic N) is 4. The summed E-state index contributed by atoms with van der Waals surface area (Å²) in [6.45, 7) is 4.12. The number of piperidine rings is 1. The van der Waals surface area contributed by atoms with Gasteiger partial charge in [0.2, 0.25) is 5.13 Å². The van der Waals surface area contributed by atoms with E-state index < -0.39 is 0 Å². The Morgan fingerprint density at radius 1 is 1.15 bits per heavy atom. The number of imidazole rings is 1. The quantitative estimate of drug-likeness (QED) is 0.552. The van der Waals surface area contributed by atoms with E-state index in [2.05, 4.69) is 62.7 Å². The molecule has 5 rings (SSSR count). The van der Waals surface area contributed by atoms with Crippen LogP contribution in [0.1, 0.15) is 30.1 Å². The molecule has 1 aromatic carbocycles. The van der Waals surface area contributed by atoms with E-state index in [-0.39, 0.29) is 0 Å². The zero-order chi connectivity index (χ0) is 17.5. The van der Waals surface area contributed by atoms with E-state index in [9.17, 15) is 0 Å². The highest BCUT2D eigenvalue weighted by atomic mass is 32.1. The number of benzene rings is 1. The minimum atomic E-state index is 0.489. The van der Waals surface area contributed by atoms with Crippen LogP contribution >= 0.6 is 22.7 Å². The van der Waals surface area contributed by atoms with Crippen molar-refractivity contribution in [3.05, 3.63) is 47.1 Å². The topological polar surface area (TPSA) is 57.7 Å². The van der Waals surface area contributed by atoms with Gasteiger partial charge in [0.05, 0.1) is 15.9 Å². The average molecular weight is 382 g/mol. The van der Waals surface area contributed by atoms with Gasteiger partial charge in [0.1, 0.15) is 5.82 Å². The Kier molecular flexibility index (Phi) is 3.98. The van der Waals surface area contributed by atoms with Gasteiger partial charge in [-0.1, -0.05) is 23.5 Å². The molecule has 132 valence electrons. The molecule has 0 saturated carbocycles. The average Bonchev–Trinajstić information content (AvgIpc) is 3.40. The number of thiophene rings is 1. The highest BCUT2D eigenvalue weighted by Gasteiger charge is 2.25. The van der Waals surface area contributed by atoms with Gasteiger partial charge in [-0.25, -0.2) is 4.98 Å². The molecule has 0 spiro atoms. The number of aromatic nitrogens is 4. The third-order valence-corrected chi connectivity index (χ3v) is 6.98. The lowest BCUT2D eigenvalue weighted by molar-refractivity contribution is 0.488. The molecule has 0 amide bonds. The SMILES string of the molecule is Cc1ccc2nc(C3CCN(c4nnc(-c5cccs5)s4)CC3)[nH]c2c1. The number of hydrogen-bond acceptors (Lipinski definition) is 6. The maximum absolute atomic E-state index is 4.82. The van der Waals surface area contributed by atoms with Crippen LogP contribution in [0.3, 0.4) is 0 Å². The smallest absolute Gasteiger partial charge is 0.208 e. The first-order chi connectivity index (χ1) is 12.8. The van der Waals surface area contributed by atoms with Crippen molar-refractivity contribution in [2.45, 2.75) is 25.7 Å². The third kappa shape index (κ3) is 2.91. The summed E-state index contributed by atoms with van der Waals surface area (Å²) in [5, 5.41) is 12.9. The number of aryl methyl sites for hydroxylation is 1. The lowest BCUT2D eigenvalue weighted by Crippen LogP contribution is -2.33. The van der Waals surface area contributed by atoms with Crippen LogP contribution in [0.15, 0.2) is 35.7 Å². The molecule has 0 aliphatic carbocycles. The maximum Gasteiger partial charge on any atom is 0.208 e. The van der Waals surface area contributed by atoms with E-state index in [1.54, 1.807) is 22.7 Å². The van der Waals surface area contributed by atoms with Crippen molar-refractivity contribution in [3.8, 4) is 9.88 Å². The number of rotatable bonds is 3. The Balaban J connectivity index is 1.29. The molecule has 0 unspecified atom stereocenters. The van der Waals surface area contributed by atoms with Crippen molar-refractivity contribution in [3.63, 3.8) is 0 Å². The van der Waals surface area contributed by atoms with Crippen LogP contribution in [-0.2, 0) is 0 Å². The second-order valence-corrected chi connectivity index (χ2v) is 8.67. The molecule has 4 aromatic rings. The summed E-state index contributed by atoms with van der Waals surface area (Å²) in [5.41, 5.74) is 3.48. The van der Waals surface area contributed by atoms with E-state index >= 15 is 0 Å². The molecular formula is C19H19N5S2. The standard InChI is InChI=1S/C19H19N5S2/c1-12-4-5-14-15(11-12)21-17(20-14)13-6-8-24(9-7-13)19-23-22-18(26-19)16-3-2-10-25-16/h2-5,10-11,13H,6-9H2,1H3,(H,20,21). The van der Waals surface area contributed by atoms with E-state index in [1.165, 1.54) is 10.4 Å². The molecule has 1 fully saturated rings. The monoisotopic (exact) mass is 381 g/mol. The number of H-pyrrole nitrogens is 1. The van der Waals surface area contributed by atoms with E-state index in [1.807, 2.05) is 0 Å². The van der Waals surface area contributed by atoms with Crippen molar-refractivity contribution in [1.82, 2.24) is 20.2 Å². The number of fused-ring (bicyclic) bond motifs is 1. The van der Waals surface area contributed by atoms with Crippen molar-refractivity contribution < 1.29 is 0 Å². The van der Waals surface area contributed by atoms with Gasteiger partial charge in [-0.05, 0) is 48.9 Å². The fourth-order valence-corrected chi connectivity index (χ4v) is 5.21. The van der Waals surface area contributed by atoms with Crippen LogP contribution in [0.4, 0.5) is 5.13 Å². The Hall–Kier alpha value is -2.25. The summed E-state index contributed by atoms with van der Waals surface area (Å²) >= 11 is 3.40. The summed E-state index contributed by atoms with van der Waals surface area (Å²) < 4.78 is 0. The van der Waals surface area contributed by atoms with Crippen molar-refractivity contribution in [2.75, 3.05) is 18.0 Å². The van der Waals surface area contributed by atoms with Gasteiger partial charge in [-0.3, -0.25) is 0 Å². The predicted octanol–water partition coefficient (Wildman–Crippen LogP) is 4.84. The molecule has 1 aliphatic heterocycles. The fraction of sp³-hybridized carbons (Fsp3) is 0.316. The second kappa shape index (κ2) is 6.48. The zero-order valence-corrected chi connectivity index (χ0v) is 16.1. The van der Waals surface area contributed by atoms with E-state index in [0.717, 1.165) is 52.9 Å². The molecule has 0 bridgehead atoms. The summed E-state index contributed by atoms with van der Waals surface area (Å²) in [6.07, 6.45) is 2.18. The van der Waals surface area contributed by atoms with Gasteiger partial charge < -0.3 is 9.88 Å². The Bertz CT molecular complexity index is 1030. The number of anilines is 1. The molecule has 1 aliphatic rings. The fourth-order valence-electron chi connectivity index (χ4n) is 3.52. The van der Waals surface area contributed by atoms with Crippen molar-refractivity contribution >= 4 is 38.8 Å². The number of hydrogen-bond donors (Lipinski definition) is 1. The highest BCUT2D eigenvalue weighted by molar-refractivity contribution is 7.22. The second-order valence-electron chi connectivity index (χ2n) is 6.77. The van der Waals surface area contributed by atoms with Gasteiger partial charge in [0.25, 0.3) is 0 Å². The molecule has 26 heavy (non-hydrogen) atoms. The minimum Gasteiger partial charge on any atom is -0.347 e. The molecule has 0 radical (unpaired) electrons. The first-order valence-electron chi connectivity index (χ1n) is 8.85. The molecule has 5 nitrogen and oxygen atoms in total. The van der Waals surface area contributed by atoms with Crippen LogP contribution in [0.2, 0.25) is 0 Å². The molecule has 1 saturated heterocycles. The van der Waals surface area contributed by atoms with Crippen LogP contribution in [0.5, 0.6) is 0 Å². The first kappa shape index (κ1) is 16.0. The number of nitrogens with one attached hydrogen (secondary N) is 1. The predicted molar refractivity (Wildman–Crippen MR) is 108 cm³/mol. The minimum absolute atomic E-state index is 0.489.